The van der Waals surface area contributed by atoms with Crippen molar-refractivity contribution in [2.45, 2.75) is 40.2 Å². The standard InChI is InChI=1S/C20H21N3OS/c1-20(2,3)19(24)14-11-15(25-12-14)17-18(13-6-8-21-9-7-13)23-10-4-5-16(23)22-17/h6-9,11-12H,4-5,10H2,1-3H3. The van der Waals surface area contributed by atoms with Crippen molar-refractivity contribution in [3.63, 3.8) is 0 Å². The third-order valence-corrected chi connectivity index (χ3v) is 5.50. The predicted molar refractivity (Wildman–Crippen MR) is 101 cm³/mol. The highest BCUT2D eigenvalue weighted by Gasteiger charge is 2.27. The summed E-state index contributed by atoms with van der Waals surface area (Å²) >= 11 is 1.60. The van der Waals surface area contributed by atoms with Crippen LogP contribution in [0.3, 0.4) is 0 Å². The maximum absolute atomic E-state index is 12.6. The van der Waals surface area contributed by atoms with E-state index in [-0.39, 0.29) is 11.2 Å². The summed E-state index contributed by atoms with van der Waals surface area (Å²) < 4.78 is 2.32. The number of carbonyl (C=O) groups excluding carboxylic acids is 1. The van der Waals surface area contributed by atoms with Crippen LogP contribution in [0.25, 0.3) is 21.8 Å². The van der Waals surface area contributed by atoms with Gasteiger partial charge in [-0.1, -0.05) is 20.8 Å². The van der Waals surface area contributed by atoms with Crippen molar-refractivity contribution in [1.82, 2.24) is 14.5 Å². The minimum atomic E-state index is -0.373. The first-order valence-electron chi connectivity index (χ1n) is 8.58. The lowest BCUT2D eigenvalue weighted by molar-refractivity contribution is 0.0859. The van der Waals surface area contributed by atoms with Gasteiger partial charge < -0.3 is 4.57 Å². The second-order valence-corrected chi connectivity index (χ2v) is 8.41. The molecule has 0 aliphatic carbocycles. The fourth-order valence-electron chi connectivity index (χ4n) is 3.31. The van der Waals surface area contributed by atoms with Gasteiger partial charge in [-0.15, -0.1) is 11.3 Å². The third-order valence-electron chi connectivity index (χ3n) is 4.56. The molecular formula is C20H21N3OS. The molecule has 0 bridgehead atoms. The Kier molecular flexibility index (Phi) is 3.84. The first kappa shape index (κ1) is 16.2. The number of aryl methyl sites for hydroxylation is 1. The number of ketones is 1. The molecule has 0 saturated heterocycles. The minimum absolute atomic E-state index is 0.173. The van der Waals surface area contributed by atoms with Gasteiger partial charge in [0.2, 0.25) is 0 Å². The van der Waals surface area contributed by atoms with Crippen molar-refractivity contribution in [3.8, 4) is 21.8 Å². The number of nitrogens with zero attached hydrogens (tertiary/aromatic N) is 3. The topological polar surface area (TPSA) is 47.8 Å². The molecule has 5 heteroatoms. The summed E-state index contributed by atoms with van der Waals surface area (Å²) in [5.41, 5.74) is 3.66. The summed E-state index contributed by atoms with van der Waals surface area (Å²) in [6.45, 7) is 6.87. The first-order chi connectivity index (χ1) is 11.9. The van der Waals surface area contributed by atoms with Crippen LogP contribution in [0.2, 0.25) is 0 Å². The first-order valence-corrected chi connectivity index (χ1v) is 9.46. The van der Waals surface area contributed by atoms with E-state index in [4.69, 9.17) is 4.98 Å². The normalized spacial score (nSPS) is 13.9. The Morgan fingerprint density at radius 2 is 2.00 bits per heavy atom. The summed E-state index contributed by atoms with van der Waals surface area (Å²) in [4.78, 5) is 22.7. The number of imidazole rings is 1. The van der Waals surface area contributed by atoms with Gasteiger partial charge in [0.15, 0.2) is 5.78 Å². The van der Waals surface area contributed by atoms with Crippen LogP contribution in [0, 0.1) is 5.41 Å². The summed E-state index contributed by atoms with van der Waals surface area (Å²) in [5, 5.41) is 1.96. The molecule has 0 N–H and O–H groups in total. The van der Waals surface area contributed by atoms with Crippen molar-refractivity contribution in [3.05, 3.63) is 47.4 Å². The summed E-state index contributed by atoms with van der Waals surface area (Å²) in [5.74, 6) is 1.31. The number of Topliss-reactive ketones (excluding diaryl/α,β-unsaturated/α-hetero) is 1. The van der Waals surface area contributed by atoms with E-state index in [2.05, 4.69) is 9.55 Å². The molecule has 0 unspecified atom stereocenters. The zero-order valence-electron chi connectivity index (χ0n) is 14.7. The van der Waals surface area contributed by atoms with Crippen molar-refractivity contribution < 1.29 is 4.79 Å². The molecule has 0 fully saturated rings. The molecule has 1 aliphatic heterocycles. The second kappa shape index (κ2) is 5.92. The Labute approximate surface area is 151 Å². The van der Waals surface area contributed by atoms with Crippen LogP contribution in [0.4, 0.5) is 0 Å². The predicted octanol–water partition coefficient (Wildman–Crippen LogP) is 4.85. The maximum atomic E-state index is 12.6. The van der Waals surface area contributed by atoms with Gasteiger partial charge in [0, 0.05) is 47.3 Å². The number of thiophene rings is 1. The molecule has 4 rings (SSSR count). The van der Waals surface area contributed by atoms with Gasteiger partial charge >= 0.3 is 0 Å². The number of hydrogen-bond acceptors (Lipinski definition) is 4. The summed E-state index contributed by atoms with van der Waals surface area (Å²) in [6.07, 6.45) is 5.78. The zero-order chi connectivity index (χ0) is 17.6. The van der Waals surface area contributed by atoms with E-state index in [1.807, 2.05) is 56.7 Å². The average molecular weight is 351 g/mol. The van der Waals surface area contributed by atoms with Gasteiger partial charge in [-0.2, -0.15) is 0 Å². The van der Waals surface area contributed by atoms with E-state index in [0.717, 1.165) is 52.6 Å². The van der Waals surface area contributed by atoms with Crippen LogP contribution in [0.15, 0.2) is 36.0 Å². The van der Waals surface area contributed by atoms with Gasteiger partial charge in [0.1, 0.15) is 11.5 Å². The fraction of sp³-hybridized carbons (Fsp3) is 0.350. The molecule has 0 saturated carbocycles. The highest BCUT2D eigenvalue weighted by Crippen LogP contribution is 2.38. The molecule has 0 atom stereocenters. The van der Waals surface area contributed by atoms with E-state index >= 15 is 0 Å². The summed E-state index contributed by atoms with van der Waals surface area (Å²) in [6, 6.07) is 6.06. The van der Waals surface area contributed by atoms with Gasteiger partial charge in [-0.05, 0) is 24.6 Å². The van der Waals surface area contributed by atoms with Crippen LogP contribution in [0.1, 0.15) is 43.4 Å². The van der Waals surface area contributed by atoms with Crippen molar-refractivity contribution in [1.29, 1.82) is 0 Å². The van der Waals surface area contributed by atoms with E-state index < -0.39 is 0 Å². The molecule has 0 spiro atoms. The number of hydrogen-bond donors (Lipinski definition) is 0. The lowest BCUT2D eigenvalue weighted by atomic mass is 9.87. The number of aromatic nitrogens is 3. The average Bonchev–Trinajstić information content (AvgIpc) is 3.28. The molecule has 128 valence electrons. The van der Waals surface area contributed by atoms with Gasteiger partial charge in [0.05, 0.1) is 10.6 Å². The molecule has 0 radical (unpaired) electrons. The number of rotatable bonds is 3. The highest BCUT2D eigenvalue weighted by molar-refractivity contribution is 7.13. The molecule has 1 aliphatic rings. The maximum Gasteiger partial charge on any atom is 0.169 e. The molecule has 25 heavy (non-hydrogen) atoms. The largest absolute Gasteiger partial charge is 0.327 e. The summed E-state index contributed by atoms with van der Waals surface area (Å²) in [7, 11) is 0. The fourth-order valence-corrected chi connectivity index (χ4v) is 4.19. The van der Waals surface area contributed by atoms with E-state index in [1.165, 1.54) is 0 Å². The third kappa shape index (κ3) is 2.82. The quantitative estimate of drug-likeness (QED) is 0.634. The Hall–Kier alpha value is -2.27. The lowest BCUT2D eigenvalue weighted by Gasteiger charge is -2.14. The smallest absolute Gasteiger partial charge is 0.169 e. The van der Waals surface area contributed by atoms with Gasteiger partial charge in [0.25, 0.3) is 0 Å². The van der Waals surface area contributed by atoms with Crippen LogP contribution >= 0.6 is 11.3 Å². The Morgan fingerprint density at radius 1 is 1.24 bits per heavy atom. The Balaban J connectivity index is 1.82. The molecule has 4 nitrogen and oxygen atoms in total. The molecule has 3 aromatic rings. The van der Waals surface area contributed by atoms with Gasteiger partial charge in [-0.25, -0.2) is 4.98 Å². The Bertz CT molecular complexity index is 932. The van der Waals surface area contributed by atoms with E-state index in [0.29, 0.717) is 0 Å². The van der Waals surface area contributed by atoms with Crippen LogP contribution in [-0.4, -0.2) is 20.3 Å². The molecule has 3 aromatic heterocycles. The SMILES string of the molecule is CC(C)(C)C(=O)c1csc(-c2nc3n(c2-c2ccncc2)CCC3)c1. The van der Waals surface area contributed by atoms with Crippen molar-refractivity contribution in [2.24, 2.45) is 5.41 Å². The number of pyridine rings is 1. The van der Waals surface area contributed by atoms with Crippen molar-refractivity contribution in [2.75, 3.05) is 0 Å². The van der Waals surface area contributed by atoms with Crippen LogP contribution < -0.4 is 0 Å². The van der Waals surface area contributed by atoms with Crippen LogP contribution in [-0.2, 0) is 13.0 Å². The molecule has 0 aromatic carbocycles. The second-order valence-electron chi connectivity index (χ2n) is 7.50. The Morgan fingerprint density at radius 3 is 2.72 bits per heavy atom. The zero-order valence-corrected chi connectivity index (χ0v) is 15.6. The molecule has 0 amide bonds. The monoisotopic (exact) mass is 351 g/mol. The van der Waals surface area contributed by atoms with Crippen LogP contribution in [0.5, 0.6) is 0 Å². The van der Waals surface area contributed by atoms with E-state index in [9.17, 15) is 4.79 Å². The molecule has 4 heterocycles. The number of fused-ring (bicyclic) bond motifs is 1. The minimum Gasteiger partial charge on any atom is -0.327 e. The molecular weight excluding hydrogens is 330 g/mol. The lowest BCUT2D eigenvalue weighted by Crippen LogP contribution is -2.19. The van der Waals surface area contributed by atoms with Gasteiger partial charge in [-0.3, -0.25) is 9.78 Å². The number of carbonyl (C=O) groups is 1. The van der Waals surface area contributed by atoms with E-state index in [1.54, 1.807) is 11.3 Å². The van der Waals surface area contributed by atoms with Crippen molar-refractivity contribution >= 4 is 17.1 Å². The highest BCUT2D eigenvalue weighted by atomic mass is 32.1.